The first-order valence-electron chi connectivity index (χ1n) is 7.72. The smallest absolute Gasteiger partial charge is 0.0888 e. The Kier molecular flexibility index (Phi) is 6.43. The lowest BCUT2D eigenvalue weighted by atomic mass is 10.2. The van der Waals surface area contributed by atoms with E-state index in [2.05, 4.69) is 41.3 Å². The zero-order valence-corrected chi connectivity index (χ0v) is 12.8. The van der Waals surface area contributed by atoms with Gasteiger partial charge in [0.1, 0.15) is 0 Å². The summed E-state index contributed by atoms with van der Waals surface area (Å²) in [6.07, 6.45) is 5.81. The minimum atomic E-state index is 0.612. The van der Waals surface area contributed by atoms with Crippen molar-refractivity contribution >= 4 is 0 Å². The first-order chi connectivity index (χ1) is 9.79. The van der Waals surface area contributed by atoms with Crippen molar-refractivity contribution in [3.63, 3.8) is 0 Å². The normalized spacial score (nSPS) is 14.9. The van der Waals surface area contributed by atoms with Crippen molar-refractivity contribution in [3.8, 4) is 0 Å². The second kappa shape index (κ2) is 8.35. The molecule has 1 aliphatic rings. The van der Waals surface area contributed by atoms with Gasteiger partial charge in [0.2, 0.25) is 0 Å². The molecule has 112 valence electrons. The zero-order valence-electron chi connectivity index (χ0n) is 12.8. The average molecular weight is 277 g/mol. The standard InChI is InChI=1S/C16H27N3O/c1-3-8-17-11-14-4-5-15(18-12-14)13-20-10-9-19(2)16-6-7-16/h4-5,12,16-17H,3,6-11,13H2,1-2H3. The Bertz CT molecular complexity index is 376. The minimum absolute atomic E-state index is 0.612. The van der Waals surface area contributed by atoms with Crippen molar-refractivity contribution in [1.82, 2.24) is 15.2 Å². The van der Waals surface area contributed by atoms with Gasteiger partial charge in [-0.15, -0.1) is 0 Å². The number of hydrogen-bond donors (Lipinski definition) is 1. The Labute approximate surface area is 122 Å². The number of likely N-dealkylation sites (N-methyl/N-ethyl adjacent to an activating group) is 1. The summed E-state index contributed by atoms with van der Waals surface area (Å²) in [6.45, 7) is 6.54. The van der Waals surface area contributed by atoms with Crippen molar-refractivity contribution in [3.05, 3.63) is 29.6 Å². The van der Waals surface area contributed by atoms with E-state index < -0.39 is 0 Å². The molecule has 0 radical (unpaired) electrons. The molecule has 0 unspecified atom stereocenters. The van der Waals surface area contributed by atoms with E-state index in [0.717, 1.165) is 44.4 Å². The Morgan fingerprint density at radius 1 is 1.40 bits per heavy atom. The first kappa shape index (κ1) is 15.4. The van der Waals surface area contributed by atoms with E-state index in [-0.39, 0.29) is 0 Å². The third kappa shape index (κ3) is 5.57. The number of pyridine rings is 1. The Hall–Kier alpha value is -0.970. The molecule has 0 saturated heterocycles. The van der Waals surface area contributed by atoms with E-state index >= 15 is 0 Å². The van der Waals surface area contributed by atoms with Gasteiger partial charge in [-0.1, -0.05) is 13.0 Å². The molecule has 0 aromatic carbocycles. The van der Waals surface area contributed by atoms with Crippen LogP contribution < -0.4 is 5.32 Å². The second-order valence-electron chi connectivity index (χ2n) is 5.60. The van der Waals surface area contributed by atoms with Crippen LogP contribution in [-0.2, 0) is 17.9 Å². The molecule has 1 heterocycles. The summed E-state index contributed by atoms with van der Waals surface area (Å²) < 4.78 is 5.69. The van der Waals surface area contributed by atoms with Gasteiger partial charge in [-0.25, -0.2) is 0 Å². The van der Waals surface area contributed by atoms with Gasteiger partial charge in [0.15, 0.2) is 0 Å². The number of nitrogens with zero attached hydrogens (tertiary/aromatic N) is 2. The molecule has 0 amide bonds. The van der Waals surface area contributed by atoms with Gasteiger partial charge < -0.3 is 15.0 Å². The largest absolute Gasteiger partial charge is 0.374 e. The average Bonchev–Trinajstić information content (AvgIpc) is 3.30. The van der Waals surface area contributed by atoms with Gasteiger partial charge in [0, 0.05) is 25.3 Å². The maximum atomic E-state index is 5.69. The molecule has 0 spiro atoms. The van der Waals surface area contributed by atoms with Crippen LogP contribution in [0.4, 0.5) is 0 Å². The van der Waals surface area contributed by atoms with Gasteiger partial charge in [-0.2, -0.15) is 0 Å². The maximum Gasteiger partial charge on any atom is 0.0888 e. The second-order valence-corrected chi connectivity index (χ2v) is 5.60. The Morgan fingerprint density at radius 2 is 2.25 bits per heavy atom. The molecule has 0 atom stereocenters. The minimum Gasteiger partial charge on any atom is -0.374 e. The number of nitrogens with one attached hydrogen (secondary N) is 1. The Balaban J connectivity index is 1.60. The summed E-state index contributed by atoms with van der Waals surface area (Å²) in [5.41, 5.74) is 2.24. The van der Waals surface area contributed by atoms with Crippen LogP contribution in [0.25, 0.3) is 0 Å². The molecule has 0 aliphatic heterocycles. The van der Waals surface area contributed by atoms with Crippen molar-refractivity contribution in [2.75, 3.05) is 26.7 Å². The molecular formula is C16H27N3O. The van der Waals surface area contributed by atoms with Crippen LogP contribution in [0.5, 0.6) is 0 Å². The summed E-state index contributed by atoms with van der Waals surface area (Å²) in [7, 11) is 2.18. The van der Waals surface area contributed by atoms with Crippen LogP contribution in [0, 0.1) is 0 Å². The van der Waals surface area contributed by atoms with Gasteiger partial charge >= 0.3 is 0 Å². The number of ether oxygens (including phenoxy) is 1. The van der Waals surface area contributed by atoms with Gasteiger partial charge in [0.05, 0.1) is 18.9 Å². The third-order valence-electron chi connectivity index (χ3n) is 3.65. The monoisotopic (exact) mass is 277 g/mol. The highest BCUT2D eigenvalue weighted by atomic mass is 16.5. The quantitative estimate of drug-likeness (QED) is 0.665. The fraction of sp³-hybridized carbons (Fsp3) is 0.688. The Morgan fingerprint density at radius 3 is 2.90 bits per heavy atom. The van der Waals surface area contributed by atoms with Crippen molar-refractivity contribution in [2.45, 2.75) is 45.4 Å². The fourth-order valence-corrected chi connectivity index (χ4v) is 2.14. The highest BCUT2D eigenvalue weighted by Gasteiger charge is 2.25. The van der Waals surface area contributed by atoms with Crippen LogP contribution in [0.2, 0.25) is 0 Å². The predicted octanol–water partition coefficient (Wildman–Crippen LogP) is 2.19. The SMILES string of the molecule is CCCNCc1ccc(COCCN(C)C2CC2)nc1. The lowest BCUT2D eigenvalue weighted by Gasteiger charge is -2.15. The maximum absolute atomic E-state index is 5.69. The predicted molar refractivity (Wildman–Crippen MR) is 81.5 cm³/mol. The molecular weight excluding hydrogens is 250 g/mol. The lowest BCUT2D eigenvalue weighted by Crippen LogP contribution is -2.25. The van der Waals surface area contributed by atoms with E-state index in [0.29, 0.717) is 6.61 Å². The molecule has 1 aromatic heterocycles. The third-order valence-corrected chi connectivity index (χ3v) is 3.65. The van der Waals surface area contributed by atoms with Crippen molar-refractivity contribution < 1.29 is 4.74 Å². The highest BCUT2D eigenvalue weighted by molar-refractivity contribution is 5.13. The van der Waals surface area contributed by atoms with E-state index in [1.165, 1.54) is 18.4 Å². The summed E-state index contributed by atoms with van der Waals surface area (Å²) in [4.78, 5) is 6.83. The van der Waals surface area contributed by atoms with Crippen molar-refractivity contribution in [1.29, 1.82) is 0 Å². The van der Waals surface area contributed by atoms with Crippen LogP contribution in [-0.4, -0.2) is 42.7 Å². The molecule has 4 nitrogen and oxygen atoms in total. The molecule has 1 aromatic rings. The van der Waals surface area contributed by atoms with Crippen LogP contribution in [0.15, 0.2) is 18.3 Å². The zero-order chi connectivity index (χ0) is 14.2. The van der Waals surface area contributed by atoms with Crippen LogP contribution >= 0.6 is 0 Å². The van der Waals surface area contributed by atoms with Crippen LogP contribution in [0.1, 0.15) is 37.4 Å². The van der Waals surface area contributed by atoms with Gasteiger partial charge in [-0.3, -0.25) is 4.98 Å². The molecule has 20 heavy (non-hydrogen) atoms. The number of hydrogen-bond acceptors (Lipinski definition) is 4. The fourth-order valence-electron chi connectivity index (χ4n) is 2.14. The lowest BCUT2D eigenvalue weighted by molar-refractivity contribution is 0.0957. The number of rotatable bonds is 10. The van der Waals surface area contributed by atoms with Gasteiger partial charge in [-0.05, 0) is 44.5 Å². The summed E-state index contributed by atoms with van der Waals surface area (Å²) in [5.74, 6) is 0. The van der Waals surface area contributed by atoms with E-state index in [1.54, 1.807) is 0 Å². The van der Waals surface area contributed by atoms with Crippen LogP contribution in [0.3, 0.4) is 0 Å². The molecule has 1 saturated carbocycles. The molecule has 1 N–H and O–H groups in total. The number of aromatic nitrogens is 1. The summed E-state index contributed by atoms with van der Waals surface area (Å²) in [5, 5.41) is 3.38. The molecule has 0 bridgehead atoms. The first-order valence-corrected chi connectivity index (χ1v) is 7.72. The van der Waals surface area contributed by atoms with E-state index in [9.17, 15) is 0 Å². The summed E-state index contributed by atoms with van der Waals surface area (Å²) in [6, 6.07) is 5.00. The topological polar surface area (TPSA) is 37.4 Å². The van der Waals surface area contributed by atoms with Crippen molar-refractivity contribution in [2.24, 2.45) is 0 Å². The molecule has 1 aliphatic carbocycles. The molecule has 1 fully saturated rings. The van der Waals surface area contributed by atoms with E-state index in [4.69, 9.17) is 4.74 Å². The molecule has 2 rings (SSSR count). The summed E-state index contributed by atoms with van der Waals surface area (Å²) >= 11 is 0. The molecule has 4 heteroatoms. The highest BCUT2D eigenvalue weighted by Crippen LogP contribution is 2.24. The van der Waals surface area contributed by atoms with E-state index in [1.807, 2.05) is 6.20 Å². The van der Waals surface area contributed by atoms with Gasteiger partial charge in [0.25, 0.3) is 0 Å².